The Morgan fingerprint density at radius 1 is 1.32 bits per heavy atom. The topological polar surface area (TPSA) is 78.9 Å². The van der Waals surface area contributed by atoms with Gasteiger partial charge >= 0.3 is 12.1 Å². The minimum atomic E-state index is -0.915. The van der Waals surface area contributed by atoms with Crippen LogP contribution < -0.4 is 5.32 Å². The maximum absolute atomic E-state index is 12.2. The predicted octanol–water partition coefficient (Wildman–Crippen LogP) is 3.14. The van der Waals surface area contributed by atoms with Crippen LogP contribution in [0.1, 0.15) is 32.8 Å². The van der Waals surface area contributed by atoms with Crippen molar-refractivity contribution in [1.29, 1.82) is 0 Å². The molecule has 0 unspecified atom stereocenters. The van der Waals surface area contributed by atoms with Gasteiger partial charge in [0.25, 0.3) is 0 Å². The van der Waals surface area contributed by atoms with Crippen LogP contribution >= 0.6 is 11.6 Å². The summed E-state index contributed by atoms with van der Waals surface area (Å²) in [6.07, 6.45) is 0.0963. The Morgan fingerprint density at radius 2 is 1.96 bits per heavy atom. The molecule has 1 fully saturated rings. The van der Waals surface area contributed by atoms with Crippen molar-refractivity contribution >= 4 is 23.7 Å². The molecule has 6 nitrogen and oxygen atoms in total. The highest BCUT2D eigenvalue weighted by atomic mass is 35.5. The highest BCUT2D eigenvalue weighted by Gasteiger charge is 2.37. The summed E-state index contributed by atoms with van der Waals surface area (Å²) < 4.78 is 5.34. The number of carbonyl (C=O) groups is 2. The molecule has 0 radical (unpaired) electrons. The lowest BCUT2D eigenvalue weighted by atomic mass is 9.92. The first-order valence-electron chi connectivity index (χ1n) is 8.34. The van der Waals surface area contributed by atoms with E-state index in [1.807, 2.05) is 12.1 Å². The lowest BCUT2D eigenvalue weighted by molar-refractivity contribution is -0.144. The van der Waals surface area contributed by atoms with Gasteiger partial charge in [0.2, 0.25) is 0 Å². The molecule has 1 aliphatic rings. The molecule has 2 N–H and O–H groups in total. The van der Waals surface area contributed by atoms with Crippen LogP contribution in [-0.2, 0) is 16.1 Å². The van der Waals surface area contributed by atoms with E-state index in [-0.39, 0.29) is 12.6 Å². The number of piperidine rings is 1. The van der Waals surface area contributed by atoms with E-state index in [0.717, 1.165) is 5.56 Å². The molecule has 2 atom stereocenters. The number of nitrogens with zero attached hydrogens (tertiary/aromatic N) is 1. The molecule has 0 aliphatic carbocycles. The van der Waals surface area contributed by atoms with Gasteiger partial charge in [0.05, 0.1) is 5.92 Å². The van der Waals surface area contributed by atoms with Crippen LogP contribution in [0.4, 0.5) is 4.79 Å². The van der Waals surface area contributed by atoms with Gasteiger partial charge in [-0.25, -0.2) is 4.79 Å². The van der Waals surface area contributed by atoms with Gasteiger partial charge in [-0.05, 0) is 44.9 Å². The van der Waals surface area contributed by atoms with Crippen LogP contribution in [0.3, 0.4) is 0 Å². The first kappa shape index (κ1) is 19.5. The van der Waals surface area contributed by atoms with Gasteiger partial charge < -0.3 is 20.1 Å². The summed E-state index contributed by atoms with van der Waals surface area (Å²) in [6, 6.07) is 7.21. The molecule has 0 saturated carbocycles. The summed E-state index contributed by atoms with van der Waals surface area (Å²) in [5, 5.41) is 13.5. The van der Waals surface area contributed by atoms with Crippen LogP contribution in [0.5, 0.6) is 0 Å². The molecule has 0 aromatic heterocycles. The SMILES string of the molecule is CC(C)(C)OC(=O)N1CC[C@H](NCc2ccc(Cl)cc2)[C@@H](C(=O)O)C1. The summed E-state index contributed by atoms with van der Waals surface area (Å²) in [5.41, 5.74) is 0.433. The van der Waals surface area contributed by atoms with Crippen molar-refractivity contribution in [2.45, 2.75) is 45.4 Å². The first-order valence-corrected chi connectivity index (χ1v) is 8.72. The van der Waals surface area contributed by atoms with E-state index < -0.39 is 23.6 Å². The summed E-state index contributed by atoms with van der Waals surface area (Å²) in [7, 11) is 0. The number of carbonyl (C=O) groups excluding carboxylic acids is 1. The summed E-state index contributed by atoms with van der Waals surface area (Å²) in [4.78, 5) is 25.3. The van der Waals surface area contributed by atoms with E-state index in [9.17, 15) is 14.7 Å². The number of rotatable bonds is 4. The maximum atomic E-state index is 12.2. The number of halogens is 1. The third-order valence-corrected chi connectivity index (χ3v) is 4.32. The highest BCUT2D eigenvalue weighted by Crippen LogP contribution is 2.21. The number of likely N-dealkylation sites (tertiary alicyclic amines) is 1. The molecule has 1 aromatic rings. The van der Waals surface area contributed by atoms with E-state index in [1.165, 1.54) is 4.90 Å². The number of hydrogen-bond acceptors (Lipinski definition) is 4. The first-order chi connectivity index (χ1) is 11.7. The second kappa shape index (κ2) is 8.06. The van der Waals surface area contributed by atoms with Gasteiger partial charge in [-0.15, -0.1) is 0 Å². The number of carboxylic acid groups (broad SMARTS) is 1. The fourth-order valence-corrected chi connectivity index (χ4v) is 2.92. The second-order valence-corrected chi connectivity index (χ2v) is 7.71. The monoisotopic (exact) mass is 368 g/mol. The van der Waals surface area contributed by atoms with Gasteiger partial charge in [0.1, 0.15) is 5.60 Å². The van der Waals surface area contributed by atoms with Gasteiger partial charge in [-0.1, -0.05) is 23.7 Å². The molecule has 138 valence electrons. The number of nitrogens with one attached hydrogen (secondary N) is 1. The standard InChI is InChI=1S/C18H25ClN2O4/c1-18(2,3)25-17(24)21-9-8-15(14(11-21)16(22)23)20-10-12-4-6-13(19)7-5-12/h4-7,14-15,20H,8-11H2,1-3H3,(H,22,23)/t14-,15-/m0/s1. The van der Waals surface area contributed by atoms with E-state index >= 15 is 0 Å². The van der Waals surface area contributed by atoms with Gasteiger partial charge in [0.15, 0.2) is 0 Å². The van der Waals surface area contributed by atoms with Gasteiger partial charge in [-0.2, -0.15) is 0 Å². The summed E-state index contributed by atoms with van der Waals surface area (Å²) in [5.74, 6) is -1.59. The zero-order valence-electron chi connectivity index (χ0n) is 14.8. The van der Waals surface area contributed by atoms with Gasteiger partial charge in [-0.3, -0.25) is 4.79 Å². The Kier molecular flexibility index (Phi) is 6.30. The van der Waals surface area contributed by atoms with Gasteiger partial charge in [0, 0.05) is 30.7 Å². The smallest absolute Gasteiger partial charge is 0.410 e. The van der Waals surface area contributed by atoms with E-state index in [0.29, 0.717) is 24.5 Å². The number of carboxylic acids is 1. The molecule has 1 aromatic carbocycles. The third kappa shape index (κ3) is 5.90. The van der Waals surface area contributed by atoms with Crippen LogP contribution in [-0.4, -0.2) is 46.8 Å². The molecule has 1 aliphatic heterocycles. The highest BCUT2D eigenvalue weighted by molar-refractivity contribution is 6.30. The summed E-state index contributed by atoms with van der Waals surface area (Å²) >= 11 is 5.87. The lowest BCUT2D eigenvalue weighted by Gasteiger charge is -2.37. The van der Waals surface area contributed by atoms with Crippen LogP contribution in [0.2, 0.25) is 5.02 Å². The Labute approximate surface area is 153 Å². The minimum absolute atomic E-state index is 0.141. The Morgan fingerprint density at radius 3 is 2.52 bits per heavy atom. The fourth-order valence-electron chi connectivity index (χ4n) is 2.79. The Balaban J connectivity index is 1.96. The minimum Gasteiger partial charge on any atom is -0.481 e. The van der Waals surface area contributed by atoms with E-state index in [1.54, 1.807) is 32.9 Å². The van der Waals surface area contributed by atoms with Crippen LogP contribution in [0, 0.1) is 5.92 Å². The normalized spacial score (nSPS) is 21.0. The molecule has 7 heteroatoms. The van der Waals surface area contributed by atoms with Crippen molar-refractivity contribution in [3.8, 4) is 0 Å². The third-order valence-electron chi connectivity index (χ3n) is 4.06. The molecule has 0 bridgehead atoms. The molecule has 2 rings (SSSR count). The van der Waals surface area contributed by atoms with E-state index in [4.69, 9.17) is 16.3 Å². The van der Waals surface area contributed by atoms with Crippen molar-refractivity contribution in [2.24, 2.45) is 5.92 Å². The molecule has 1 amide bonds. The Hall–Kier alpha value is -1.79. The lowest BCUT2D eigenvalue weighted by Crippen LogP contribution is -2.54. The fraction of sp³-hybridized carbons (Fsp3) is 0.556. The number of hydrogen-bond donors (Lipinski definition) is 2. The van der Waals surface area contributed by atoms with Crippen molar-refractivity contribution < 1.29 is 19.4 Å². The number of aliphatic carboxylic acids is 1. The van der Waals surface area contributed by atoms with Crippen LogP contribution in [0.15, 0.2) is 24.3 Å². The van der Waals surface area contributed by atoms with Crippen molar-refractivity contribution in [1.82, 2.24) is 10.2 Å². The van der Waals surface area contributed by atoms with E-state index in [2.05, 4.69) is 5.32 Å². The molecule has 1 heterocycles. The molecular formula is C18H25ClN2O4. The average Bonchev–Trinajstić information content (AvgIpc) is 2.52. The number of benzene rings is 1. The zero-order valence-corrected chi connectivity index (χ0v) is 15.5. The Bertz CT molecular complexity index is 612. The predicted molar refractivity (Wildman–Crippen MR) is 95.6 cm³/mol. The molecule has 25 heavy (non-hydrogen) atoms. The quantitative estimate of drug-likeness (QED) is 0.853. The molecule has 1 saturated heterocycles. The average molecular weight is 369 g/mol. The van der Waals surface area contributed by atoms with Crippen molar-refractivity contribution in [3.63, 3.8) is 0 Å². The zero-order chi connectivity index (χ0) is 18.6. The number of ether oxygens (including phenoxy) is 1. The van der Waals surface area contributed by atoms with Crippen molar-refractivity contribution in [2.75, 3.05) is 13.1 Å². The second-order valence-electron chi connectivity index (χ2n) is 7.27. The van der Waals surface area contributed by atoms with Crippen molar-refractivity contribution in [3.05, 3.63) is 34.9 Å². The summed E-state index contributed by atoms with van der Waals surface area (Å²) in [6.45, 7) is 6.54. The van der Waals surface area contributed by atoms with Crippen LogP contribution in [0.25, 0.3) is 0 Å². The largest absolute Gasteiger partial charge is 0.481 e. The maximum Gasteiger partial charge on any atom is 0.410 e. The number of amides is 1. The molecular weight excluding hydrogens is 344 g/mol. The molecule has 0 spiro atoms.